The van der Waals surface area contributed by atoms with Crippen molar-refractivity contribution in [3.8, 4) is 5.75 Å². The number of unbranched alkanes of at least 4 members (excludes halogenated alkanes) is 1. The maximum atomic E-state index is 14.1. The second kappa shape index (κ2) is 15.4. The third kappa shape index (κ3) is 8.47. The van der Waals surface area contributed by atoms with E-state index in [-0.39, 0.29) is 33.8 Å². The molecule has 10 heteroatoms. The van der Waals surface area contributed by atoms with Crippen molar-refractivity contribution >= 4 is 39.1 Å². The molecule has 8 nitrogen and oxygen atoms in total. The quantitative estimate of drug-likeness (QED) is 0.239. The molecule has 3 rings (SSSR count). The zero-order valence-corrected chi connectivity index (χ0v) is 25.3. The first kappa shape index (κ1) is 32.0. The molecule has 0 saturated carbocycles. The van der Waals surface area contributed by atoms with Crippen LogP contribution in [0.3, 0.4) is 0 Å². The summed E-state index contributed by atoms with van der Waals surface area (Å²) in [5.74, 6) is -0.540. The van der Waals surface area contributed by atoms with Crippen LogP contribution in [0.15, 0.2) is 83.8 Å². The highest BCUT2D eigenvalue weighted by atomic mass is 35.5. The Bertz CT molecular complexity index is 1390. The summed E-state index contributed by atoms with van der Waals surface area (Å²) >= 11 is 6.28. The van der Waals surface area contributed by atoms with E-state index >= 15 is 0 Å². The zero-order valence-electron chi connectivity index (χ0n) is 23.8. The number of methoxy groups -OCH3 is 1. The normalized spacial score (nSPS) is 11.9. The topological polar surface area (TPSA) is 96.0 Å². The van der Waals surface area contributed by atoms with E-state index in [9.17, 15) is 18.0 Å². The molecule has 1 atom stereocenters. The first-order valence-electron chi connectivity index (χ1n) is 13.7. The van der Waals surface area contributed by atoms with Crippen LogP contribution in [0, 0.1) is 0 Å². The Balaban J connectivity index is 2.04. The molecule has 1 unspecified atom stereocenters. The Hall–Kier alpha value is -3.56. The Morgan fingerprint density at radius 1 is 0.976 bits per heavy atom. The van der Waals surface area contributed by atoms with Gasteiger partial charge in [-0.2, -0.15) is 0 Å². The fraction of sp³-hybridized carbons (Fsp3) is 0.355. The standard InChI is InChI=1S/C31H38ClN3O5S/c1-4-6-20-33-31(37)27(5-2)34(21-19-24-13-9-7-10-14-24)30(36)23-35(28-22-25(32)17-18-29(28)40-3)41(38,39)26-15-11-8-12-16-26/h7-18,22,27H,4-6,19-21,23H2,1-3H3,(H,33,37). The van der Waals surface area contributed by atoms with Gasteiger partial charge in [-0.1, -0.05) is 80.4 Å². The van der Waals surface area contributed by atoms with Crippen LogP contribution in [0.1, 0.15) is 38.7 Å². The summed E-state index contributed by atoms with van der Waals surface area (Å²) in [4.78, 5) is 28.9. The molecule has 3 aromatic carbocycles. The van der Waals surface area contributed by atoms with Crippen LogP contribution < -0.4 is 14.4 Å². The summed E-state index contributed by atoms with van der Waals surface area (Å²) in [6, 6.07) is 21.3. The van der Waals surface area contributed by atoms with Crippen molar-refractivity contribution in [2.24, 2.45) is 0 Å². The number of hydrogen-bond donors (Lipinski definition) is 1. The molecule has 0 bridgehead atoms. The molecule has 0 aliphatic carbocycles. The van der Waals surface area contributed by atoms with Crippen molar-refractivity contribution in [2.45, 2.75) is 50.5 Å². The molecule has 0 aliphatic heterocycles. The van der Waals surface area contributed by atoms with Gasteiger partial charge in [0.15, 0.2) is 0 Å². The third-order valence-electron chi connectivity index (χ3n) is 6.72. The van der Waals surface area contributed by atoms with Gasteiger partial charge in [-0.15, -0.1) is 0 Å². The van der Waals surface area contributed by atoms with E-state index in [0.29, 0.717) is 19.4 Å². The minimum Gasteiger partial charge on any atom is -0.495 e. The van der Waals surface area contributed by atoms with Gasteiger partial charge < -0.3 is 15.0 Å². The van der Waals surface area contributed by atoms with Gasteiger partial charge in [-0.25, -0.2) is 8.42 Å². The Labute approximate surface area is 248 Å². The maximum Gasteiger partial charge on any atom is 0.264 e. The molecule has 2 amide bonds. The second-order valence-corrected chi connectivity index (χ2v) is 11.8. The first-order chi connectivity index (χ1) is 19.7. The van der Waals surface area contributed by atoms with Crippen molar-refractivity contribution in [3.05, 3.63) is 89.4 Å². The van der Waals surface area contributed by atoms with E-state index in [1.165, 1.54) is 30.2 Å². The SMILES string of the molecule is CCCCNC(=O)C(CC)N(CCc1ccccc1)C(=O)CN(c1cc(Cl)ccc1OC)S(=O)(=O)c1ccccc1. The lowest BCUT2D eigenvalue weighted by Gasteiger charge is -2.33. The third-order valence-corrected chi connectivity index (χ3v) is 8.73. The van der Waals surface area contributed by atoms with Gasteiger partial charge in [0.1, 0.15) is 18.3 Å². The molecule has 0 spiro atoms. The van der Waals surface area contributed by atoms with E-state index in [4.69, 9.17) is 16.3 Å². The molecular formula is C31H38ClN3O5S. The van der Waals surface area contributed by atoms with Gasteiger partial charge in [0.2, 0.25) is 11.8 Å². The predicted molar refractivity (Wildman–Crippen MR) is 163 cm³/mol. The number of halogens is 1. The number of anilines is 1. The monoisotopic (exact) mass is 599 g/mol. The van der Waals surface area contributed by atoms with Gasteiger partial charge in [-0.3, -0.25) is 13.9 Å². The fourth-order valence-electron chi connectivity index (χ4n) is 4.49. The summed E-state index contributed by atoms with van der Waals surface area (Å²) in [5.41, 5.74) is 1.12. The number of ether oxygens (including phenoxy) is 1. The van der Waals surface area contributed by atoms with Crippen molar-refractivity contribution in [2.75, 3.05) is 31.0 Å². The van der Waals surface area contributed by atoms with Gasteiger partial charge in [0, 0.05) is 18.1 Å². The molecule has 220 valence electrons. The van der Waals surface area contributed by atoms with Gasteiger partial charge >= 0.3 is 0 Å². The van der Waals surface area contributed by atoms with E-state index in [1.54, 1.807) is 30.3 Å². The molecule has 0 aliphatic rings. The smallest absolute Gasteiger partial charge is 0.264 e. The van der Waals surface area contributed by atoms with Crippen LogP contribution in [0.25, 0.3) is 0 Å². The Morgan fingerprint density at radius 3 is 2.24 bits per heavy atom. The van der Waals surface area contributed by atoms with Crippen LogP contribution in [0.5, 0.6) is 5.75 Å². The molecule has 0 fully saturated rings. The summed E-state index contributed by atoms with van der Waals surface area (Å²) < 4.78 is 34.4. The first-order valence-corrected chi connectivity index (χ1v) is 15.6. The van der Waals surface area contributed by atoms with E-state index in [0.717, 1.165) is 22.7 Å². The van der Waals surface area contributed by atoms with Crippen molar-refractivity contribution in [3.63, 3.8) is 0 Å². The molecule has 3 aromatic rings. The Morgan fingerprint density at radius 2 is 1.63 bits per heavy atom. The minimum atomic E-state index is -4.22. The number of carbonyl (C=O) groups excluding carboxylic acids is 2. The van der Waals surface area contributed by atoms with Crippen molar-refractivity contribution in [1.29, 1.82) is 0 Å². The number of rotatable bonds is 15. The minimum absolute atomic E-state index is 0.00927. The number of benzene rings is 3. The second-order valence-electron chi connectivity index (χ2n) is 9.53. The van der Waals surface area contributed by atoms with E-state index in [1.807, 2.05) is 44.2 Å². The molecule has 41 heavy (non-hydrogen) atoms. The number of amides is 2. The lowest BCUT2D eigenvalue weighted by molar-refractivity contribution is -0.139. The van der Waals surface area contributed by atoms with Gasteiger partial charge in [0.05, 0.1) is 17.7 Å². The molecule has 0 heterocycles. The number of nitrogens with one attached hydrogen (secondary N) is 1. The Kier molecular flexibility index (Phi) is 12.0. The maximum absolute atomic E-state index is 14.1. The molecule has 0 saturated heterocycles. The molecule has 0 aromatic heterocycles. The summed E-state index contributed by atoms with van der Waals surface area (Å²) in [5, 5.41) is 3.21. The zero-order chi connectivity index (χ0) is 29.8. The van der Waals surface area contributed by atoms with Crippen LogP contribution in [-0.4, -0.2) is 57.9 Å². The van der Waals surface area contributed by atoms with E-state index < -0.39 is 28.5 Å². The lowest BCUT2D eigenvalue weighted by atomic mass is 10.1. The van der Waals surface area contributed by atoms with E-state index in [2.05, 4.69) is 5.32 Å². The summed E-state index contributed by atoms with van der Waals surface area (Å²) in [7, 11) is -2.80. The number of carbonyl (C=O) groups is 2. The van der Waals surface area contributed by atoms with Crippen LogP contribution in [-0.2, 0) is 26.0 Å². The highest BCUT2D eigenvalue weighted by Crippen LogP contribution is 2.35. The highest BCUT2D eigenvalue weighted by molar-refractivity contribution is 7.92. The number of nitrogens with zero attached hydrogens (tertiary/aromatic N) is 2. The fourth-order valence-corrected chi connectivity index (χ4v) is 6.10. The largest absolute Gasteiger partial charge is 0.495 e. The van der Waals surface area contributed by atoms with Gasteiger partial charge in [0.25, 0.3) is 10.0 Å². The van der Waals surface area contributed by atoms with Crippen molar-refractivity contribution < 1.29 is 22.7 Å². The molecule has 0 radical (unpaired) electrons. The molecule has 1 N–H and O–H groups in total. The molecular weight excluding hydrogens is 562 g/mol. The van der Waals surface area contributed by atoms with Crippen LogP contribution in [0.4, 0.5) is 5.69 Å². The lowest BCUT2D eigenvalue weighted by Crippen LogP contribution is -2.53. The average molecular weight is 600 g/mol. The summed E-state index contributed by atoms with van der Waals surface area (Å²) in [6.07, 6.45) is 2.60. The number of hydrogen-bond acceptors (Lipinski definition) is 5. The van der Waals surface area contributed by atoms with Crippen LogP contribution in [0.2, 0.25) is 5.02 Å². The van der Waals surface area contributed by atoms with Crippen LogP contribution >= 0.6 is 11.6 Å². The number of sulfonamides is 1. The average Bonchev–Trinajstić information content (AvgIpc) is 2.98. The highest BCUT2D eigenvalue weighted by Gasteiger charge is 2.34. The van der Waals surface area contributed by atoms with Gasteiger partial charge in [-0.05, 0) is 55.2 Å². The van der Waals surface area contributed by atoms with Crippen molar-refractivity contribution in [1.82, 2.24) is 10.2 Å². The summed E-state index contributed by atoms with van der Waals surface area (Å²) in [6.45, 7) is 4.05. The predicted octanol–water partition coefficient (Wildman–Crippen LogP) is 5.31.